The molecule has 1 rings (SSSR count). The van der Waals surface area contributed by atoms with Gasteiger partial charge in [-0.15, -0.1) is 0 Å². The smallest absolute Gasteiger partial charge is 0.295 e. The van der Waals surface area contributed by atoms with E-state index >= 15 is 0 Å². The van der Waals surface area contributed by atoms with Crippen LogP contribution in [0.4, 0.5) is 4.39 Å². The molecule has 1 aromatic heterocycles. The van der Waals surface area contributed by atoms with Crippen LogP contribution < -0.4 is 11.2 Å². The van der Waals surface area contributed by atoms with Crippen molar-refractivity contribution in [2.45, 2.75) is 66.0 Å². The lowest BCUT2D eigenvalue weighted by Gasteiger charge is -2.15. The average molecular weight is 270 g/mol. The molecule has 0 fully saturated rings. The predicted octanol–water partition coefficient (Wildman–Crippen LogP) is 2.31. The lowest BCUT2D eigenvalue weighted by atomic mass is 10.2. The third-order valence-corrected chi connectivity index (χ3v) is 3.28. The quantitative estimate of drug-likeness (QED) is 0.763. The van der Waals surface area contributed by atoms with Crippen LogP contribution in [0.2, 0.25) is 0 Å². The highest BCUT2D eigenvalue weighted by molar-refractivity contribution is 5.06. The third-order valence-electron chi connectivity index (χ3n) is 3.28. The van der Waals surface area contributed by atoms with E-state index < -0.39 is 11.4 Å². The Kier molecular flexibility index (Phi) is 5.99. The zero-order valence-corrected chi connectivity index (χ0v) is 12.0. The van der Waals surface area contributed by atoms with Crippen molar-refractivity contribution in [3.05, 3.63) is 32.3 Å². The highest BCUT2D eigenvalue weighted by atomic mass is 19.1. The first-order chi connectivity index (χ1) is 9.08. The van der Waals surface area contributed by atoms with Gasteiger partial charge in [0, 0.05) is 13.1 Å². The summed E-state index contributed by atoms with van der Waals surface area (Å²) in [5.41, 5.74) is -0.913. The van der Waals surface area contributed by atoms with Gasteiger partial charge in [0.1, 0.15) is 0 Å². The van der Waals surface area contributed by atoms with Gasteiger partial charge in [-0.2, -0.15) is 4.39 Å². The molecule has 0 aliphatic carbocycles. The molecule has 1 aromatic rings. The van der Waals surface area contributed by atoms with E-state index in [1.54, 1.807) is 6.92 Å². The molecule has 108 valence electrons. The average Bonchev–Trinajstić information content (AvgIpc) is 2.41. The number of halogens is 1. The van der Waals surface area contributed by atoms with Crippen molar-refractivity contribution in [1.29, 1.82) is 0 Å². The Hall–Kier alpha value is -1.39. The van der Waals surface area contributed by atoms with E-state index in [9.17, 15) is 14.0 Å². The van der Waals surface area contributed by atoms with Crippen LogP contribution in [0, 0.1) is 5.82 Å². The normalized spacial score (nSPS) is 10.9. The van der Waals surface area contributed by atoms with Crippen molar-refractivity contribution in [2.75, 3.05) is 0 Å². The maximum absolute atomic E-state index is 14.1. The highest BCUT2D eigenvalue weighted by Gasteiger charge is 2.17. The van der Waals surface area contributed by atoms with Crippen LogP contribution in [-0.4, -0.2) is 9.13 Å². The van der Waals surface area contributed by atoms with Crippen LogP contribution in [0.15, 0.2) is 9.59 Å². The van der Waals surface area contributed by atoms with Gasteiger partial charge in [-0.1, -0.05) is 33.6 Å². The first kappa shape index (κ1) is 15.7. The van der Waals surface area contributed by atoms with E-state index in [4.69, 9.17) is 0 Å². The summed E-state index contributed by atoms with van der Waals surface area (Å²) < 4.78 is 16.5. The van der Waals surface area contributed by atoms with Crippen molar-refractivity contribution in [2.24, 2.45) is 0 Å². The van der Waals surface area contributed by atoms with E-state index in [1.807, 2.05) is 13.8 Å². The van der Waals surface area contributed by atoms with Crippen LogP contribution in [0.25, 0.3) is 0 Å². The number of aromatic nitrogens is 2. The Bertz CT molecular complexity index is 531. The van der Waals surface area contributed by atoms with Gasteiger partial charge in [0.2, 0.25) is 5.82 Å². The Labute approximate surface area is 112 Å². The number of hydrogen-bond acceptors (Lipinski definition) is 2. The second-order valence-corrected chi connectivity index (χ2v) is 4.71. The minimum atomic E-state index is -0.775. The van der Waals surface area contributed by atoms with E-state index in [0.29, 0.717) is 25.9 Å². The molecule has 0 aromatic carbocycles. The zero-order valence-electron chi connectivity index (χ0n) is 12.0. The summed E-state index contributed by atoms with van der Waals surface area (Å²) >= 11 is 0. The maximum Gasteiger partial charge on any atom is 0.331 e. The summed E-state index contributed by atoms with van der Waals surface area (Å²) in [4.78, 5) is 24.2. The number of rotatable bonds is 7. The van der Waals surface area contributed by atoms with Gasteiger partial charge in [0.05, 0.1) is 5.69 Å². The first-order valence-corrected chi connectivity index (χ1v) is 7.10. The molecule has 0 amide bonds. The van der Waals surface area contributed by atoms with Crippen LogP contribution in [0.3, 0.4) is 0 Å². The van der Waals surface area contributed by atoms with E-state index in [-0.39, 0.29) is 11.4 Å². The van der Waals surface area contributed by atoms with Gasteiger partial charge >= 0.3 is 5.69 Å². The van der Waals surface area contributed by atoms with Crippen molar-refractivity contribution in [3.63, 3.8) is 0 Å². The SMILES string of the molecule is CCCCn1c(CC)c(F)c(=O)n(CCCC)c1=O. The molecular formula is C14H23FN2O2. The van der Waals surface area contributed by atoms with Crippen LogP contribution in [0.1, 0.15) is 52.1 Å². The molecule has 1 heterocycles. The molecule has 0 saturated heterocycles. The first-order valence-electron chi connectivity index (χ1n) is 7.10. The topological polar surface area (TPSA) is 44.0 Å². The summed E-state index contributed by atoms with van der Waals surface area (Å²) in [5.74, 6) is -0.769. The summed E-state index contributed by atoms with van der Waals surface area (Å²) in [5, 5.41) is 0. The van der Waals surface area contributed by atoms with Gasteiger partial charge in [-0.3, -0.25) is 13.9 Å². The predicted molar refractivity (Wildman–Crippen MR) is 74.1 cm³/mol. The molecule has 0 aliphatic rings. The van der Waals surface area contributed by atoms with Crippen LogP contribution >= 0.6 is 0 Å². The zero-order chi connectivity index (χ0) is 14.4. The lowest BCUT2D eigenvalue weighted by molar-refractivity contribution is 0.450. The summed E-state index contributed by atoms with van der Waals surface area (Å²) in [6.45, 7) is 6.51. The van der Waals surface area contributed by atoms with E-state index in [0.717, 1.165) is 23.8 Å². The minimum Gasteiger partial charge on any atom is -0.295 e. The molecule has 0 bridgehead atoms. The Balaban J connectivity index is 3.38. The van der Waals surface area contributed by atoms with E-state index in [2.05, 4.69) is 0 Å². The van der Waals surface area contributed by atoms with Gasteiger partial charge in [-0.05, 0) is 19.3 Å². The molecule has 19 heavy (non-hydrogen) atoms. The molecule has 0 saturated carbocycles. The molecule has 5 heteroatoms. The Morgan fingerprint density at radius 1 is 0.947 bits per heavy atom. The molecule has 0 aliphatic heterocycles. The lowest BCUT2D eigenvalue weighted by Crippen LogP contribution is -2.43. The summed E-state index contributed by atoms with van der Waals surface area (Å²) in [6, 6.07) is 0. The van der Waals surface area contributed by atoms with Gasteiger partial charge in [0.15, 0.2) is 0 Å². The fourth-order valence-corrected chi connectivity index (χ4v) is 2.11. The monoisotopic (exact) mass is 270 g/mol. The van der Waals surface area contributed by atoms with Crippen molar-refractivity contribution in [1.82, 2.24) is 9.13 Å². The third kappa shape index (κ3) is 3.33. The largest absolute Gasteiger partial charge is 0.331 e. The van der Waals surface area contributed by atoms with E-state index in [1.165, 1.54) is 4.57 Å². The maximum atomic E-state index is 14.1. The Morgan fingerprint density at radius 2 is 1.47 bits per heavy atom. The second-order valence-electron chi connectivity index (χ2n) is 4.71. The number of hydrogen-bond donors (Lipinski definition) is 0. The molecule has 0 radical (unpaired) electrons. The molecule has 0 N–H and O–H groups in total. The molecule has 0 unspecified atom stereocenters. The van der Waals surface area contributed by atoms with Crippen molar-refractivity contribution in [3.8, 4) is 0 Å². The number of nitrogens with zero attached hydrogens (tertiary/aromatic N) is 2. The molecule has 0 atom stereocenters. The van der Waals surface area contributed by atoms with Crippen LogP contribution in [-0.2, 0) is 19.5 Å². The van der Waals surface area contributed by atoms with Gasteiger partial charge < -0.3 is 0 Å². The summed E-state index contributed by atoms with van der Waals surface area (Å²) in [7, 11) is 0. The minimum absolute atomic E-state index is 0.233. The highest BCUT2D eigenvalue weighted by Crippen LogP contribution is 2.04. The molecule has 4 nitrogen and oxygen atoms in total. The van der Waals surface area contributed by atoms with Crippen LogP contribution in [0.5, 0.6) is 0 Å². The molecular weight excluding hydrogens is 247 g/mol. The number of unbranched alkanes of at least 4 members (excludes halogenated alkanes) is 2. The molecule has 0 spiro atoms. The standard InChI is InChI=1S/C14H23FN2O2/c1-4-7-9-16-11(6-3)12(15)13(18)17(14(16)19)10-8-5-2/h4-10H2,1-3H3. The Morgan fingerprint density at radius 3 is 1.95 bits per heavy atom. The fraction of sp³-hybridized carbons (Fsp3) is 0.714. The van der Waals surface area contributed by atoms with Crippen molar-refractivity contribution < 1.29 is 4.39 Å². The summed E-state index contributed by atoms with van der Waals surface area (Å²) in [6.07, 6.45) is 3.64. The van der Waals surface area contributed by atoms with Crippen molar-refractivity contribution >= 4 is 0 Å². The second kappa shape index (κ2) is 7.26. The van der Waals surface area contributed by atoms with Gasteiger partial charge in [0.25, 0.3) is 5.56 Å². The van der Waals surface area contributed by atoms with Gasteiger partial charge in [-0.25, -0.2) is 4.79 Å². The fourth-order valence-electron chi connectivity index (χ4n) is 2.11.